The van der Waals surface area contributed by atoms with Gasteiger partial charge in [-0.25, -0.2) is 9.71 Å². The van der Waals surface area contributed by atoms with Gasteiger partial charge in [0.15, 0.2) is 0 Å². The third kappa shape index (κ3) is 9.00. The molecule has 58 heavy (non-hydrogen) atoms. The van der Waals surface area contributed by atoms with Crippen LogP contribution in [0.5, 0.6) is 11.5 Å². The number of ether oxygens (including phenoxy) is 2. The van der Waals surface area contributed by atoms with Crippen molar-refractivity contribution in [1.29, 1.82) is 0 Å². The van der Waals surface area contributed by atoms with Gasteiger partial charge in [0.25, 0.3) is 5.91 Å². The number of fused-ring (bicyclic) bond motifs is 1. The molecule has 4 aliphatic rings. The molecule has 5 atom stereocenters. The van der Waals surface area contributed by atoms with Crippen LogP contribution in [0.2, 0.25) is 0 Å². The third-order valence-corrected chi connectivity index (χ3v) is 12.9. The molecule has 2 aromatic carbocycles. The second-order valence-electron chi connectivity index (χ2n) is 17.1. The Bertz CT molecular complexity index is 2180. The molecule has 310 valence electrons. The van der Waals surface area contributed by atoms with E-state index in [2.05, 4.69) is 21.3 Å². The normalized spacial score (nSPS) is 23.8. The van der Waals surface area contributed by atoms with Crippen molar-refractivity contribution in [2.75, 3.05) is 26.7 Å². The molecule has 0 radical (unpaired) electrons. The highest BCUT2D eigenvalue weighted by Gasteiger charge is 2.61. The zero-order chi connectivity index (χ0) is 41.4. The van der Waals surface area contributed by atoms with Gasteiger partial charge in [0.1, 0.15) is 29.2 Å². The summed E-state index contributed by atoms with van der Waals surface area (Å²) in [6.07, 6.45) is 5.24. The summed E-state index contributed by atoms with van der Waals surface area (Å²) in [7, 11) is -2.60. The van der Waals surface area contributed by atoms with E-state index in [-0.39, 0.29) is 43.7 Å². The first-order valence-corrected chi connectivity index (χ1v) is 21.7. The van der Waals surface area contributed by atoms with Crippen LogP contribution >= 0.6 is 0 Å². The lowest BCUT2D eigenvalue weighted by atomic mass is 9.77. The average Bonchev–Trinajstić information content (AvgIpc) is 4.11. The first-order chi connectivity index (χ1) is 27.6. The van der Waals surface area contributed by atoms with Crippen molar-refractivity contribution in [2.45, 2.75) is 95.9 Å². The summed E-state index contributed by atoms with van der Waals surface area (Å²) in [4.78, 5) is 65.0. The highest BCUT2D eigenvalue weighted by atomic mass is 32.2. The Balaban J connectivity index is 1.20. The molecule has 7 rings (SSSR count). The Kier molecular flexibility index (Phi) is 11.6. The minimum absolute atomic E-state index is 0.0197. The SMILES string of the molecule is C=C[C@@H]1C[C@]1(NC(=O)[C@@H]1C[C@@H](Oc2cc(-c3ccccc3)nc3cc(OC)ccc23)CN1C(=O)[C@@H](CC(=O)N1CCCCC1)C(C)(C)C)C(=O)NS(=O)(=O)NC1CC1. The van der Waals surface area contributed by atoms with Crippen LogP contribution in [-0.4, -0.2) is 97.3 Å². The van der Waals surface area contributed by atoms with E-state index in [9.17, 15) is 27.6 Å². The maximum Gasteiger partial charge on any atom is 0.301 e. The van der Waals surface area contributed by atoms with Crippen molar-refractivity contribution in [3.63, 3.8) is 0 Å². The fraction of sp³-hybridized carbons (Fsp3) is 0.512. The number of hydrogen-bond acceptors (Lipinski definition) is 9. The molecule has 2 aliphatic heterocycles. The van der Waals surface area contributed by atoms with Crippen LogP contribution in [0.15, 0.2) is 67.3 Å². The number of likely N-dealkylation sites (tertiary alicyclic amines) is 2. The van der Waals surface area contributed by atoms with Crippen LogP contribution in [0.3, 0.4) is 0 Å². The predicted octanol–water partition coefficient (Wildman–Crippen LogP) is 4.50. The lowest BCUT2D eigenvalue weighted by molar-refractivity contribution is -0.148. The van der Waals surface area contributed by atoms with Crippen LogP contribution in [-0.2, 0) is 29.4 Å². The number of aromatic nitrogens is 1. The molecule has 2 saturated heterocycles. The van der Waals surface area contributed by atoms with Crippen LogP contribution in [0, 0.1) is 17.3 Å². The van der Waals surface area contributed by atoms with E-state index >= 15 is 0 Å². The Morgan fingerprint density at radius 2 is 1.76 bits per heavy atom. The van der Waals surface area contributed by atoms with Gasteiger partial charge in [-0.3, -0.25) is 19.2 Å². The van der Waals surface area contributed by atoms with E-state index in [1.807, 2.05) is 80.3 Å². The third-order valence-electron chi connectivity index (χ3n) is 11.8. The number of carbonyl (C=O) groups is 4. The molecule has 3 N–H and O–H groups in total. The highest BCUT2D eigenvalue weighted by molar-refractivity contribution is 7.88. The molecular weight excluding hydrogens is 761 g/mol. The summed E-state index contributed by atoms with van der Waals surface area (Å²) in [6.45, 7) is 10.9. The Labute approximate surface area is 340 Å². The molecule has 2 saturated carbocycles. The van der Waals surface area contributed by atoms with Gasteiger partial charge in [-0.1, -0.05) is 57.2 Å². The molecule has 3 aromatic rings. The van der Waals surface area contributed by atoms with Gasteiger partial charge in [0.2, 0.25) is 17.7 Å². The molecule has 0 bridgehead atoms. The first-order valence-electron chi connectivity index (χ1n) is 20.2. The largest absolute Gasteiger partial charge is 0.497 e. The van der Waals surface area contributed by atoms with Crippen molar-refractivity contribution in [3.8, 4) is 22.8 Å². The van der Waals surface area contributed by atoms with Crippen molar-refractivity contribution < 1.29 is 37.1 Å². The van der Waals surface area contributed by atoms with E-state index < -0.39 is 57.0 Å². The lowest BCUT2D eigenvalue weighted by Gasteiger charge is -2.36. The Morgan fingerprint density at radius 1 is 1.03 bits per heavy atom. The summed E-state index contributed by atoms with van der Waals surface area (Å²) in [5, 5.41) is 3.55. The monoisotopic (exact) mass is 814 g/mol. The standard InChI is InChI=1S/C43H54N6O8S/c1-6-28-25-43(28,41(53)47-58(54,55)46-29-15-16-29)45-39(51)36-22-31(26-49(36)40(52)33(42(2,3)4)23-38(50)48-19-11-8-12-20-48)57-37-24-34(27-13-9-7-10-14-27)44-35-21-30(56-5)17-18-32(35)37/h6-7,9-10,13-14,17-18,21,24,28-29,31,33,36,46H,1,8,11-12,15-16,19-20,22-23,25-26H2,2-5H3,(H,45,51)(H,47,53)/t28-,31-,33-,36+,43-/m1/s1. The van der Waals surface area contributed by atoms with Crippen molar-refractivity contribution >= 4 is 44.7 Å². The van der Waals surface area contributed by atoms with Gasteiger partial charge in [0, 0.05) is 61.0 Å². The number of nitrogens with zero attached hydrogens (tertiary/aromatic N) is 3. The fourth-order valence-electron chi connectivity index (χ4n) is 8.12. The molecule has 1 aromatic heterocycles. The molecule has 15 heteroatoms. The van der Waals surface area contributed by atoms with E-state index in [0.29, 0.717) is 54.0 Å². The van der Waals surface area contributed by atoms with Crippen LogP contribution in [0.4, 0.5) is 0 Å². The molecule has 4 fully saturated rings. The van der Waals surface area contributed by atoms with Gasteiger partial charge in [-0.15, -0.1) is 6.58 Å². The second kappa shape index (κ2) is 16.3. The number of rotatable bonds is 14. The summed E-state index contributed by atoms with van der Waals surface area (Å²) >= 11 is 0. The van der Waals surface area contributed by atoms with E-state index in [1.165, 1.54) is 11.0 Å². The molecule has 14 nitrogen and oxygen atoms in total. The van der Waals surface area contributed by atoms with Crippen molar-refractivity contribution in [1.82, 2.24) is 29.5 Å². The molecule has 3 heterocycles. The summed E-state index contributed by atoms with van der Waals surface area (Å²) < 4.78 is 42.4. The predicted molar refractivity (Wildman–Crippen MR) is 219 cm³/mol. The lowest BCUT2D eigenvalue weighted by Crippen LogP contribution is -2.58. The first kappa shape index (κ1) is 41.2. The average molecular weight is 815 g/mol. The molecule has 0 unspecified atom stereocenters. The van der Waals surface area contributed by atoms with Crippen molar-refractivity contribution in [2.24, 2.45) is 17.3 Å². The Morgan fingerprint density at radius 3 is 2.40 bits per heavy atom. The number of carbonyl (C=O) groups excluding carboxylic acids is 4. The molecule has 4 amide bonds. The zero-order valence-electron chi connectivity index (χ0n) is 33.7. The number of methoxy groups -OCH3 is 1. The van der Waals surface area contributed by atoms with Crippen LogP contribution in [0.25, 0.3) is 22.2 Å². The number of hydrogen-bond donors (Lipinski definition) is 3. The number of nitrogens with one attached hydrogen (secondary N) is 3. The summed E-state index contributed by atoms with van der Waals surface area (Å²) in [5.41, 5.74) is -0.0825. The maximum absolute atomic E-state index is 14.9. The topological polar surface area (TPSA) is 176 Å². The van der Waals surface area contributed by atoms with Gasteiger partial charge >= 0.3 is 10.2 Å². The second-order valence-corrected chi connectivity index (χ2v) is 18.6. The minimum atomic E-state index is -4.18. The number of pyridine rings is 1. The molecular formula is C43H54N6O8S. The van der Waals surface area contributed by atoms with E-state index in [1.54, 1.807) is 7.11 Å². The summed E-state index contributed by atoms with van der Waals surface area (Å²) in [6, 6.07) is 15.6. The van der Waals surface area contributed by atoms with Gasteiger partial charge in [-0.05, 0) is 56.1 Å². The number of amides is 4. The fourth-order valence-corrected chi connectivity index (χ4v) is 9.28. The highest BCUT2D eigenvalue weighted by Crippen LogP contribution is 2.45. The van der Waals surface area contributed by atoms with Crippen LogP contribution in [0.1, 0.15) is 72.1 Å². The van der Waals surface area contributed by atoms with Crippen molar-refractivity contribution in [3.05, 3.63) is 67.3 Å². The van der Waals surface area contributed by atoms with Gasteiger partial charge in [-0.2, -0.15) is 13.1 Å². The zero-order valence-corrected chi connectivity index (χ0v) is 34.5. The van der Waals surface area contributed by atoms with Gasteiger partial charge in [0.05, 0.1) is 30.8 Å². The van der Waals surface area contributed by atoms with Crippen LogP contribution < -0.4 is 24.2 Å². The van der Waals surface area contributed by atoms with E-state index in [0.717, 1.165) is 24.8 Å². The molecule has 2 aliphatic carbocycles. The molecule has 0 spiro atoms. The number of piperidine rings is 1. The van der Waals surface area contributed by atoms with Gasteiger partial charge < -0.3 is 24.6 Å². The minimum Gasteiger partial charge on any atom is -0.497 e. The summed E-state index contributed by atoms with van der Waals surface area (Å²) in [5.74, 6) is -2.18. The smallest absolute Gasteiger partial charge is 0.301 e. The Hall–Kier alpha value is -5.02. The number of benzene rings is 2. The quantitative estimate of drug-likeness (QED) is 0.198. The van der Waals surface area contributed by atoms with E-state index in [4.69, 9.17) is 14.5 Å². The maximum atomic E-state index is 14.9.